The predicted molar refractivity (Wildman–Crippen MR) is 63.3 cm³/mol. The molecule has 1 atom stereocenters. The molecule has 1 N–H and O–H groups in total. The van der Waals surface area contributed by atoms with Crippen LogP contribution >= 0.6 is 11.3 Å². The Bertz CT molecular complexity index is 331. The van der Waals surface area contributed by atoms with Crippen LogP contribution in [0.25, 0.3) is 0 Å². The SMILES string of the molecule is CC(NC1CC1)c1nc2c(s1)CCCC2. The molecule has 1 heterocycles. The van der Waals surface area contributed by atoms with E-state index in [0.717, 1.165) is 6.04 Å². The first-order chi connectivity index (χ1) is 7.33. The molecule has 0 spiro atoms. The average molecular weight is 222 g/mol. The number of aryl methyl sites for hydroxylation is 2. The second-order valence-corrected chi connectivity index (χ2v) is 5.91. The molecule has 15 heavy (non-hydrogen) atoms. The van der Waals surface area contributed by atoms with Gasteiger partial charge in [-0.2, -0.15) is 0 Å². The van der Waals surface area contributed by atoms with Gasteiger partial charge in [-0.1, -0.05) is 0 Å². The van der Waals surface area contributed by atoms with Gasteiger partial charge in [0.15, 0.2) is 0 Å². The summed E-state index contributed by atoms with van der Waals surface area (Å²) in [7, 11) is 0. The van der Waals surface area contributed by atoms with E-state index >= 15 is 0 Å². The Morgan fingerprint density at radius 2 is 2.13 bits per heavy atom. The van der Waals surface area contributed by atoms with Crippen molar-refractivity contribution in [3.05, 3.63) is 15.6 Å². The molecule has 0 saturated heterocycles. The lowest BCUT2D eigenvalue weighted by Crippen LogP contribution is -2.20. The number of fused-ring (bicyclic) bond motifs is 1. The lowest BCUT2D eigenvalue weighted by Gasteiger charge is -2.08. The minimum absolute atomic E-state index is 0.466. The van der Waals surface area contributed by atoms with E-state index in [0.29, 0.717) is 6.04 Å². The van der Waals surface area contributed by atoms with Crippen molar-refractivity contribution in [2.75, 3.05) is 0 Å². The number of nitrogens with zero attached hydrogens (tertiary/aromatic N) is 1. The van der Waals surface area contributed by atoms with Gasteiger partial charge in [0, 0.05) is 10.9 Å². The van der Waals surface area contributed by atoms with Gasteiger partial charge in [0.25, 0.3) is 0 Å². The Labute approximate surface area is 95.1 Å². The van der Waals surface area contributed by atoms with E-state index in [1.54, 1.807) is 4.88 Å². The second kappa shape index (κ2) is 3.87. The highest BCUT2D eigenvalue weighted by molar-refractivity contribution is 7.11. The minimum atomic E-state index is 0.466. The standard InChI is InChI=1S/C12H18N2S/c1-8(13-9-6-7-9)12-14-10-4-2-3-5-11(10)15-12/h8-9,13H,2-7H2,1H3. The third-order valence-electron chi connectivity index (χ3n) is 3.30. The quantitative estimate of drug-likeness (QED) is 0.850. The summed E-state index contributed by atoms with van der Waals surface area (Å²) in [5.74, 6) is 0. The summed E-state index contributed by atoms with van der Waals surface area (Å²) in [6.45, 7) is 2.25. The molecule has 3 rings (SSSR count). The maximum absolute atomic E-state index is 4.79. The van der Waals surface area contributed by atoms with Crippen molar-refractivity contribution < 1.29 is 0 Å². The van der Waals surface area contributed by atoms with Crippen LogP contribution in [0.4, 0.5) is 0 Å². The van der Waals surface area contributed by atoms with Gasteiger partial charge in [0.2, 0.25) is 0 Å². The van der Waals surface area contributed by atoms with Gasteiger partial charge >= 0.3 is 0 Å². The summed E-state index contributed by atoms with van der Waals surface area (Å²) < 4.78 is 0. The molecule has 82 valence electrons. The maximum Gasteiger partial charge on any atom is 0.110 e. The highest BCUT2D eigenvalue weighted by Gasteiger charge is 2.25. The predicted octanol–water partition coefficient (Wildman–Crippen LogP) is 2.83. The molecule has 2 aliphatic rings. The second-order valence-electron chi connectivity index (χ2n) is 4.79. The van der Waals surface area contributed by atoms with E-state index < -0.39 is 0 Å². The minimum Gasteiger partial charge on any atom is -0.305 e. The van der Waals surface area contributed by atoms with E-state index in [9.17, 15) is 0 Å². The fraction of sp³-hybridized carbons (Fsp3) is 0.750. The number of hydrogen-bond acceptors (Lipinski definition) is 3. The molecule has 1 saturated carbocycles. The van der Waals surface area contributed by atoms with Crippen molar-refractivity contribution in [3.8, 4) is 0 Å². The molecule has 1 aromatic heterocycles. The molecule has 0 radical (unpaired) electrons. The zero-order valence-electron chi connectivity index (χ0n) is 9.25. The van der Waals surface area contributed by atoms with E-state index in [1.807, 2.05) is 11.3 Å². The van der Waals surface area contributed by atoms with Crippen molar-refractivity contribution in [2.24, 2.45) is 0 Å². The van der Waals surface area contributed by atoms with Crippen LogP contribution in [0, 0.1) is 0 Å². The van der Waals surface area contributed by atoms with Crippen LogP contribution in [0.1, 0.15) is 54.2 Å². The van der Waals surface area contributed by atoms with Crippen molar-refractivity contribution in [2.45, 2.75) is 57.5 Å². The van der Waals surface area contributed by atoms with Crippen LogP contribution in [-0.4, -0.2) is 11.0 Å². The summed E-state index contributed by atoms with van der Waals surface area (Å²) in [4.78, 5) is 6.34. The molecule has 3 heteroatoms. The Balaban J connectivity index is 1.75. The van der Waals surface area contributed by atoms with Gasteiger partial charge in [0.1, 0.15) is 5.01 Å². The lowest BCUT2D eigenvalue weighted by atomic mass is 10.0. The van der Waals surface area contributed by atoms with Crippen LogP contribution in [0.5, 0.6) is 0 Å². The van der Waals surface area contributed by atoms with Crippen LogP contribution in [0.2, 0.25) is 0 Å². The van der Waals surface area contributed by atoms with Crippen LogP contribution in [0.3, 0.4) is 0 Å². The number of thiazole rings is 1. The first kappa shape index (κ1) is 9.79. The van der Waals surface area contributed by atoms with Crippen molar-refractivity contribution in [3.63, 3.8) is 0 Å². The van der Waals surface area contributed by atoms with Crippen molar-refractivity contribution in [1.29, 1.82) is 0 Å². The number of aromatic nitrogens is 1. The summed E-state index contributed by atoms with van der Waals surface area (Å²) in [5, 5.41) is 4.94. The summed E-state index contributed by atoms with van der Waals surface area (Å²) >= 11 is 1.94. The van der Waals surface area contributed by atoms with Crippen LogP contribution < -0.4 is 5.32 Å². The van der Waals surface area contributed by atoms with Gasteiger partial charge in [-0.3, -0.25) is 0 Å². The normalized spacial score (nSPS) is 22.5. The molecule has 0 aliphatic heterocycles. The largest absolute Gasteiger partial charge is 0.305 e. The van der Waals surface area contributed by atoms with E-state index in [1.165, 1.54) is 49.2 Å². The Morgan fingerprint density at radius 1 is 1.33 bits per heavy atom. The Morgan fingerprint density at radius 3 is 2.87 bits per heavy atom. The van der Waals surface area contributed by atoms with Gasteiger partial charge in [-0.15, -0.1) is 11.3 Å². The smallest absolute Gasteiger partial charge is 0.110 e. The maximum atomic E-state index is 4.79. The van der Waals surface area contributed by atoms with Crippen LogP contribution in [0.15, 0.2) is 0 Å². The molecule has 1 fully saturated rings. The van der Waals surface area contributed by atoms with E-state index in [4.69, 9.17) is 4.98 Å². The number of nitrogens with one attached hydrogen (secondary N) is 1. The Hall–Kier alpha value is -0.410. The molecule has 2 nitrogen and oxygen atoms in total. The number of rotatable bonds is 3. The highest BCUT2D eigenvalue weighted by Crippen LogP contribution is 2.31. The van der Waals surface area contributed by atoms with E-state index in [-0.39, 0.29) is 0 Å². The van der Waals surface area contributed by atoms with Gasteiger partial charge in [-0.25, -0.2) is 4.98 Å². The highest BCUT2D eigenvalue weighted by atomic mass is 32.1. The average Bonchev–Trinajstić information content (AvgIpc) is 2.95. The zero-order valence-corrected chi connectivity index (χ0v) is 10.1. The molecule has 0 bridgehead atoms. The summed E-state index contributed by atoms with van der Waals surface area (Å²) in [6, 6.07) is 1.24. The van der Waals surface area contributed by atoms with Crippen LogP contribution in [-0.2, 0) is 12.8 Å². The molecule has 0 aromatic carbocycles. The van der Waals surface area contributed by atoms with Gasteiger partial charge in [0.05, 0.1) is 11.7 Å². The number of hydrogen-bond donors (Lipinski definition) is 1. The van der Waals surface area contributed by atoms with Gasteiger partial charge < -0.3 is 5.32 Å². The molecular formula is C12H18N2S. The fourth-order valence-corrected chi connectivity index (χ4v) is 3.40. The Kier molecular flexibility index (Phi) is 2.53. The van der Waals surface area contributed by atoms with Crippen molar-refractivity contribution in [1.82, 2.24) is 10.3 Å². The monoisotopic (exact) mass is 222 g/mol. The topological polar surface area (TPSA) is 24.9 Å². The van der Waals surface area contributed by atoms with E-state index in [2.05, 4.69) is 12.2 Å². The molecular weight excluding hydrogens is 204 g/mol. The van der Waals surface area contributed by atoms with Gasteiger partial charge in [-0.05, 0) is 45.4 Å². The first-order valence-corrected chi connectivity index (χ1v) is 6.89. The molecule has 2 aliphatic carbocycles. The third kappa shape index (κ3) is 2.08. The third-order valence-corrected chi connectivity index (χ3v) is 4.64. The molecule has 0 amide bonds. The first-order valence-electron chi connectivity index (χ1n) is 6.07. The lowest BCUT2D eigenvalue weighted by molar-refractivity contribution is 0.565. The summed E-state index contributed by atoms with van der Waals surface area (Å²) in [5.41, 5.74) is 1.39. The zero-order chi connectivity index (χ0) is 10.3. The molecule has 1 aromatic rings. The summed E-state index contributed by atoms with van der Waals surface area (Å²) in [6.07, 6.45) is 7.88. The molecule has 1 unspecified atom stereocenters. The fourth-order valence-electron chi connectivity index (χ4n) is 2.23. The van der Waals surface area contributed by atoms with Crippen molar-refractivity contribution >= 4 is 11.3 Å².